The molecule has 0 saturated heterocycles. The highest BCUT2D eigenvalue weighted by molar-refractivity contribution is 5.62. The molecule has 16 heavy (non-hydrogen) atoms. The molecular weight excluding hydrogens is 211 g/mol. The van der Waals surface area contributed by atoms with E-state index < -0.39 is 10.7 Å². The molecule has 0 spiro atoms. The number of hydrogen-bond acceptors (Lipinski definition) is 3. The summed E-state index contributed by atoms with van der Waals surface area (Å²) < 4.78 is 13.0. The minimum absolute atomic E-state index is 0.0795. The van der Waals surface area contributed by atoms with Crippen molar-refractivity contribution in [3.8, 4) is 0 Å². The van der Waals surface area contributed by atoms with Crippen molar-refractivity contribution in [3.63, 3.8) is 0 Å². The third kappa shape index (κ3) is 1.98. The van der Waals surface area contributed by atoms with Crippen LogP contribution >= 0.6 is 0 Å². The standard InChI is InChI=1S/C11H13FN2O2/c1-11(2)6-10(11)13-8-5-7(12)3-4-9(8)14(15)16/h3-5,10,13H,6H2,1-2H3. The van der Waals surface area contributed by atoms with Crippen LogP contribution in [0.15, 0.2) is 18.2 Å². The van der Waals surface area contributed by atoms with Crippen molar-refractivity contribution in [1.29, 1.82) is 0 Å². The fourth-order valence-electron chi connectivity index (χ4n) is 1.68. The number of halogens is 1. The van der Waals surface area contributed by atoms with Gasteiger partial charge in [-0.1, -0.05) is 13.8 Å². The molecule has 2 rings (SSSR count). The monoisotopic (exact) mass is 224 g/mol. The molecule has 0 heterocycles. The first-order valence-corrected chi connectivity index (χ1v) is 5.10. The molecule has 4 nitrogen and oxygen atoms in total. The highest BCUT2D eigenvalue weighted by Crippen LogP contribution is 2.47. The number of hydrogen-bond donors (Lipinski definition) is 1. The Morgan fingerprint density at radius 2 is 2.19 bits per heavy atom. The van der Waals surface area contributed by atoms with E-state index in [0.29, 0.717) is 0 Å². The number of rotatable bonds is 3. The Bertz CT molecular complexity index is 446. The zero-order valence-corrected chi connectivity index (χ0v) is 9.16. The van der Waals surface area contributed by atoms with E-state index in [2.05, 4.69) is 19.2 Å². The molecule has 1 aromatic rings. The van der Waals surface area contributed by atoms with Crippen LogP contribution in [0.5, 0.6) is 0 Å². The molecule has 5 heteroatoms. The Morgan fingerprint density at radius 1 is 1.56 bits per heavy atom. The summed E-state index contributed by atoms with van der Waals surface area (Å²) in [5.74, 6) is -0.466. The molecule has 1 saturated carbocycles. The van der Waals surface area contributed by atoms with Crippen LogP contribution in [-0.4, -0.2) is 11.0 Å². The van der Waals surface area contributed by atoms with Crippen LogP contribution < -0.4 is 5.32 Å². The quantitative estimate of drug-likeness (QED) is 0.634. The molecule has 1 atom stereocenters. The highest BCUT2D eigenvalue weighted by atomic mass is 19.1. The summed E-state index contributed by atoms with van der Waals surface area (Å²) in [6, 6.07) is 3.65. The number of anilines is 1. The van der Waals surface area contributed by atoms with Crippen molar-refractivity contribution in [3.05, 3.63) is 34.1 Å². The maximum atomic E-state index is 13.0. The second-order valence-electron chi connectivity index (χ2n) is 4.81. The first-order valence-electron chi connectivity index (χ1n) is 5.10. The van der Waals surface area contributed by atoms with Crippen LogP contribution in [0.3, 0.4) is 0 Å². The van der Waals surface area contributed by atoms with E-state index in [9.17, 15) is 14.5 Å². The Kier molecular flexibility index (Phi) is 2.33. The van der Waals surface area contributed by atoms with Crippen molar-refractivity contribution in [2.45, 2.75) is 26.3 Å². The maximum absolute atomic E-state index is 13.0. The fraction of sp³-hybridized carbons (Fsp3) is 0.455. The van der Waals surface area contributed by atoms with Gasteiger partial charge in [-0.25, -0.2) is 4.39 Å². The van der Waals surface area contributed by atoms with Crippen molar-refractivity contribution < 1.29 is 9.31 Å². The van der Waals surface area contributed by atoms with Crippen LogP contribution in [0.4, 0.5) is 15.8 Å². The van der Waals surface area contributed by atoms with E-state index >= 15 is 0 Å². The molecule has 1 aromatic carbocycles. The zero-order valence-electron chi connectivity index (χ0n) is 9.16. The van der Waals surface area contributed by atoms with Gasteiger partial charge in [-0.2, -0.15) is 0 Å². The maximum Gasteiger partial charge on any atom is 0.292 e. The van der Waals surface area contributed by atoms with Crippen molar-refractivity contribution in [1.82, 2.24) is 0 Å². The molecule has 86 valence electrons. The number of nitrogens with one attached hydrogen (secondary N) is 1. The average Bonchev–Trinajstić information content (AvgIpc) is 2.72. The van der Waals surface area contributed by atoms with E-state index in [4.69, 9.17) is 0 Å². The van der Waals surface area contributed by atoms with Gasteiger partial charge in [-0.05, 0) is 17.9 Å². The summed E-state index contributed by atoms with van der Waals surface area (Å²) >= 11 is 0. The summed E-state index contributed by atoms with van der Waals surface area (Å²) in [6.07, 6.45) is 0.945. The summed E-state index contributed by atoms with van der Waals surface area (Å²) in [6.45, 7) is 4.13. The fourth-order valence-corrected chi connectivity index (χ4v) is 1.68. The molecule has 0 amide bonds. The Morgan fingerprint density at radius 3 is 2.69 bits per heavy atom. The molecule has 1 N–H and O–H groups in total. The Labute approximate surface area is 92.6 Å². The van der Waals surface area contributed by atoms with E-state index in [-0.39, 0.29) is 22.8 Å². The lowest BCUT2D eigenvalue weighted by Gasteiger charge is -2.08. The van der Waals surface area contributed by atoms with E-state index in [1.165, 1.54) is 12.1 Å². The van der Waals surface area contributed by atoms with Crippen molar-refractivity contribution in [2.75, 3.05) is 5.32 Å². The van der Waals surface area contributed by atoms with Crippen molar-refractivity contribution >= 4 is 11.4 Å². The Hall–Kier alpha value is -1.65. The normalized spacial score (nSPS) is 21.6. The molecule has 1 fully saturated rings. The number of benzene rings is 1. The highest BCUT2D eigenvalue weighted by Gasteiger charge is 2.46. The van der Waals surface area contributed by atoms with Crippen LogP contribution in [0.2, 0.25) is 0 Å². The average molecular weight is 224 g/mol. The number of nitrogens with zero attached hydrogens (tertiary/aromatic N) is 1. The largest absolute Gasteiger partial charge is 0.376 e. The van der Waals surface area contributed by atoms with Gasteiger partial charge in [-0.15, -0.1) is 0 Å². The van der Waals surface area contributed by atoms with Crippen LogP contribution in [0.25, 0.3) is 0 Å². The van der Waals surface area contributed by atoms with Gasteiger partial charge in [0.1, 0.15) is 11.5 Å². The first kappa shape index (κ1) is 10.9. The minimum atomic E-state index is -0.503. The topological polar surface area (TPSA) is 55.2 Å². The van der Waals surface area contributed by atoms with Gasteiger partial charge in [0.05, 0.1) is 4.92 Å². The third-order valence-electron chi connectivity index (χ3n) is 3.00. The van der Waals surface area contributed by atoms with Gasteiger partial charge in [-0.3, -0.25) is 10.1 Å². The van der Waals surface area contributed by atoms with Gasteiger partial charge < -0.3 is 5.32 Å². The summed E-state index contributed by atoms with van der Waals surface area (Å²) in [4.78, 5) is 10.2. The number of nitro groups is 1. The van der Waals surface area contributed by atoms with Crippen LogP contribution in [0, 0.1) is 21.3 Å². The zero-order chi connectivity index (χ0) is 11.9. The molecule has 1 aliphatic rings. The minimum Gasteiger partial charge on any atom is -0.376 e. The van der Waals surface area contributed by atoms with Gasteiger partial charge >= 0.3 is 0 Å². The van der Waals surface area contributed by atoms with Gasteiger partial charge in [0.2, 0.25) is 0 Å². The Balaban J connectivity index is 2.25. The second-order valence-corrected chi connectivity index (χ2v) is 4.81. The molecular formula is C11H13FN2O2. The molecule has 0 bridgehead atoms. The van der Waals surface area contributed by atoms with E-state index in [1.54, 1.807) is 0 Å². The summed E-state index contributed by atoms with van der Waals surface area (Å²) in [5, 5.41) is 13.8. The summed E-state index contributed by atoms with van der Waals surface area (Å²) in [7, 11) is 0. The molecule has 0 radical (unpaired) electrons. The van der Waals surface area contributed by atoms with E-state index in [1.807, 2.05) is 0 Å². The lowest BCUT2D eigenvalue weighted by atomic mass is 10.2. The molecule has 1 unspecified atom stereocenters. The van der Waals surface area contributed by atoms with Gasteiger partial charge in [0.25, 0.3) is 5.69 Å². The van der Waals surface area contributed by atoms with E-state index in [0.717, 1.165) is 12.5 Å². The predicted molar refractivity (Wildman–Crippen MR) is 58.9 cm³/mol. The SMILES string of the molecule is CC1(C)CC1Nc1cc(F)ccc1[N+](=O)[O-]. The third-order valence-corrected chi connectivity index (χ3v) is 3.00. The lowest BCUT2D eigenvalue weighted by molar-refractivity contribution is -0.384. The lowest BCUT2D eigenvalue weighted by Crippen LogP contribution is -2.10. The van der Waals surface area contributed by atoms with Crippen LogP contribution in [0.1, 0.15) is 20.3 Å². The molecule has 0 aromatic heterocycles. The van der Waals surface area contributed by atoms with Gasteiger partial charge in [0.15, 0.2) is 0 Å². The summed E-state index contributed by atoms with van der Waals surface area (Å²) in [5.41, 5.74) is 0.324. The van der Waals surface area contributed by atoms with Crippen LogP contribution in [-0.2, 0) is 0 Å². The first-order chi connectivity index (χ1) is 7.40. The number of nitro benzene ring substituents is 1. The predicted octanol–water partition coefficient (Wildman–Crippen LogP) is 2.94. The van der Waals surface area contributed by atoms with Crippen molar-refractivity contribution in [2.24, 2.45) is 5.41 Å². The molecule has 1 aliphatic carbocycles. The molecule has 0 aliphatic heterocycles. The smallest absolute Gasteiger partial charge is 0.292 e. The second kappa shape index (κ2) is 3.43. The van der Waals surface area contributed by atoms with Gasteiger partial charge in [0, 0.05) is 18.2 Å².